The van der Waals surface area contributed by atoms with E-state index >= 15 is 0 Å². The summed E-state index contributed by atoms with van der Waals surface area (Å²) in [7, 11) is 0. The Kier molecular flexibility index (Phi) is 5.10. The molecule has 0 bridgehead atoms. The molecule has 0 aromatic carbocycles. The van der Waals surface area contributed by atoms with Gasteiger partial charge in [-0.1, -0.05) is 0 Å². The molecule has 0 radical (unpaired) electrons. The number of hydrogen-bond acceptors (Lipinski definition) is 0. The molecule has 0 fully saturated rings. The summed E-state index contributed by atoms with van der Waals surface area (Å²) < 4.78 is 4.60. The summed E-state index contributed by atoms with van der Waals surface area (Å²) in [6.07, 6.45) is 4.29. The van der Waals surface area contributed by atoms with Crippen LogP contribution in [0, 0.1) is 0 Å². The van der Waals surface area contributed by atoms with Gasteiger partial charge in [0, 0.05) is 24.3 Å². The van der Waals surface area contributed by atoms with Crippen molar-refractivity contribution in [2.45, 2.75) is 13.1 Å². The molecule has 2 aromatic heterocycles. The van der Waals surface area contributed by atoms with E-state index in [1.165, 1.54) is 11.4 Å². The van der Waals surface area contributed by atoms with Crippen LogP contribution in [0.3, 0.4) is 0 Å². The third-order valence-corrected chi connectivity index (χ3v) is 2.73. The lowest BCUT2D eigenvalue weighted by atomic mass is 10.2. The highest BCUT2D eigenvalue weighted by atomic mass is 127. The van der Waals surface area contributed by atoms with Crippen LogP contribution in [0.4, 0.5) is 0 Å². The number of hydrogen-bond donors (Lipinski definition) is 0. The van der Waals surface area contributed by atoms with Crippen molar-refractivity contribution in [2.24, 2.45) is 0 Å². The Balaban J connectivity index is 0.000000640. The first kappa shape index (κ1) is 13.8. The minimum Gasteiger partial charge on any atom is -1.00 e. The van der Waals surface area contributed by atoms with Gasteiger partial charge in [0.2, 0.25) is 13.1 Å². The van der Waals surface area contributed by atoms with Crippen molar-refractivity contribution in [3.63, 3.8) is 0 Å². The van der Waals surface area contributed by atoms with Gasteiger partial charge >= 0.3 is 0 Å². The number of halogens is 2. The van der Waals surface area contributed by atoms with Crippen molar-refractivity contribution in [2.75, 3.05) is 0 Å². The topological polar surface area (TPSA) is 7.76 Å². The average Bonchev–Trinajstić information content (AvgIpc) is 2.29. The second-order valence-corrected chi connectivity index (χ2v) is 3.56. The minimum atomic E-state index is 0. The smallest absolute Gasteiger partial charge is 0.277 e. The molecule has 3 heterocycles. The van der Waals surface area contributed by atoms with Crippen LogP contribution >= 0.6 is 0 Å². The maximum absolute atomic E-state index is 2.30. The van der Waals surface area contributed by atoms with Crippen LogP contribution in [0.5, 0.6) is 0 Å². The zero-order chi connectivity index (χ0) is 9.38. The number of aromatic nitrogens is 2. The number of rotatable bonds is 0. The molecular weight excluding hydrogens is 426 g/mol. The zero-order valence-electron chi connectivity index (χ0n) is 8.68. The van der Waals surface area contributed by atoms with E-state index in [-0.39, 0.29) is 48.0 Å². The maximum Gasteiger partial charge on any atom is 0.277 e. The summed E-state index contributed by atoms with van der Waals surface area (Å²) in [6.45, 7) is 2.13. The molecular formula is C12H12I2N2. The predicted molar refractivity (Wildman–Crippen MR) is 52.3 cm³/mol. The first-order valence-corrected chi connectivity index (χ1v) is 4.92. The average molecular weight is 438 g/mol. The van der Waals surface area contributed by atoms with Crippen molar-refractivity contribution >= 4 is 0 Å². The third-order valence-electron chi connectivity index (χ3n) is 2.73. The van der Waals surface area contributed by atoms with E-state index in [2.05, 4.69) is 57.9 Å². The quantitative estimate of drug-likeness (QED) is 0.288. The van der Waals surface area contributed by atoms with E-state index in [9.17, 15) is 0 Å². The van der Waals surface area contributed by atoms with Crippen molar-refractivity contribution in [1.82, 2.24) is 0 Å². The molecule has 0 amide bonds. The fourth-order valence-electron chi connectivity index (χ4n) is 2.02. The molecule has 3 rings (SSSR count). The van der Waals surface area contributed by atoms with Gasteiger partial charge in [-0.2, -0.15) is 9.13 Å². The molecule has 0 aliphatic carbocycles. The standard InChI is InChI=1S/C12H12N2.2HI/c1-3-7-13-9-10-14-8-4-2-6-12(14)11(13)5-1;;/h1-8H,9-10H2;2*1H/q+2;;/p-2. The molecule has 0 N–H and O–H groups in total. The molecule has 1 aliphatic heterocycles. The monoisotopic (exact) mass is 438 g/mol. The van der Waals surface area contributed by atoms with Gasteiger partial charge in [-0.05, 0) is 12.1 Å². The Morgan fingerprint density at radius 2 is 1.12 bits per heavy atom. The molecule has 16 heavy (non-hydrogen) atoms. The molecule has 0 atom stereocenters. The Morgan fingerprint density at radius 1 is 0.688 bits per heavy atom. The largest absolute Gasteiger partial charge is 1.00 e. The van der Waals surface area contributed by atoms with E-state index in [1.54, 1.807) is 0 Å². The summed E-state index contributed by atoms with van der Waals surface area (Å²) in [5.74, 6) is 0. The summed E-state index contributed by atoms with van der Waals surface area (Å²) in [4.78, 5) is 0. The van der Waals surface area contributed by atoms with E-state index in [4.69, 9.17) is 0 Å². The van der Waals surface area contributed by atoms with E-state index in [0.29, 0.717) is 0 Å². The van der Waals surface area contributed by atoms with Gasteiger partial charge in [0.1, 0.15) is 0 Å². The number of fused-ring (bicyclic) bond motifs is 3. The molecule has 0 saturated carbocycles. The van der Waals surface area contributed by atoms with Crippen LogP contribution in [0.25, 0.3) is 11.4 Å². The van der Waals surface area contributed by atoms with Crippen molar-refractivity contribution in [3.05, 3.63) is 48.8 Å². The summed E-state index contributed by atoms with van der Waals surface area (Å²) in [5.41, 5.74) is 2.61. The highest BCUT2D eigenvalue weighted by molar-refractivity contribution is 5.46. The van der Waals surface area contributed by atoms with Gasteiger partial charge in [-0.25, -0.2) is 0 Å². The highest BCUT2D eigenvalue weighted by Crippen LogP contribution is 2.11. The molecule has 2 aromatic rings. The second kappa shape index (κ2) is 5.90. The van der Waals surface area contributed by atoms with Gasteiger partial charge in [0.05, 0.1) is 0 Å². The Hall–Kier alpha value is -0.240. The molecule has 0 saturated heterocycles. The third kappa shape index (κ3) is 2.37. The fraction of sp³-hybridized carbons (Fsp3) is 0.167. The van der Waals surface area contributed by atoms with Crippen LogP contribution in [-0.4, -0.2) is 0 Å². The van der Waals surface area contributed by atoms with Gasteiger partial charge in [0.25, 0.3) is 11.4 Å². The predicted octanol–water partition coefficient (Wildman–Crippen LogP) is -5.05. The fourth-order valence-corrected chi connectivity index (χ4v) is 2.02. The SMILES string of the molecule is [I-].[I-].c1cc[n+]2c(c1)-c1cccc[n+]1CC2. The van der Waals surface area contributed by atoms with E-state index in [0.717, 1.165) is 13.1 Å². The summed E-state index contributed by atoms with van der Waals surface area (Å²) >= 11 is 0. The lowest BCUT2D eigenvalue weighted by molar-refractivity contribution is -0.794. The van der Waals surface area contributed by atoms with Crippen LogP contribution in [0.2, 0.25) is 0 Å². The number of pyridine rings is 2. The molecule has 4 heteroatoms. The molecule has 1 aliphatic rings. The van der Waals surface area contributed by atoms with Crippen LogP contribution < -0.4 is 57.1 Å². The van der Waals surface area contributed by atoms with Crippen LogP contribution in [0.15, 0.2) is 48.8 Å². The van der Waals surface area contributed by atoms with Crippen LogP contribution in [-0.2, 0) is 13.1 Å². The normalized spacial score (nSPS) is 11.5. The lowest BCUT2D eigenvalue weighted by Gasteiger charge is -2.08. The number of nitrogens with zero attached hydrogens (tertiary/aromatic N) is 2. The molecule has 0 spiro atoms. The van der Waals surface area contributed by atoms with Crippen molar-refractivity contribution in [3.8, 4) is 11.4 Å². The Bertz CT molecular complexity index is 440. The van der Waals surface area contributed by atoms with Crippen LogP contribution in [0.1, 0.15) is 0 Å². The lowest BCUT2D eigenvalue weighted by Crippen LogP contribution is -3.00. The first-order chi connectivity index (χ1) is 6.95. The van der Waals surface area contributed by atoms with Crippen molar-refractivity contribution in [1.29, 1.82) is 0 Å². The van der Waals surface area contributed by atoms with E-state index in [1.807, 2.05) is 0 Å². The molecule has 84 valence electrons. The Labute approximate surface area is 129 Å². The van der Waals surface area contributed by atoms with E-state index < -0.39 is 0 Å². The summed E-state index contributed by atoms with van der Waals surface area (Å²) in [6, 6.07) is 12.7. The van der Waals surface area contributed by atoms with Gasteiger partial charge < -0.3 is 48.0 Å². The van der Waals surface area contributed by atoms with Gasteiger partial charge in [-0.15, -0.1) is 0 Å². The first-order valence-electron chi connectivity index (χ1n) is 4.92. The number of aryl methyl sites for hydroxylation is 2. The van der Waals surface area contributed by atoms with Gasteiger partial charge in [-0.3, -0.25) is 0 Å². The van der Waals surface area contributed by atoms with Crippen molar-refractivity contribution < 1.29 is 57.1 Å². The summed E-state index contributed by atoms with van der Waals surface area (Å²) in [5, 5.41) is 0. The van der Waals surface area contributed by atoms with Gasteiger partial charge in [0.15, 0.2) is 12.4 Å². The second-order valence-electron chi connectivity index (χ2n) is 3.56. The zero-order valence-corrected chi connectivity index (χ0v) is 13.0. The molecule has 0 unspecified atom stereocenters. The molecule has 2 nitrogen and oxygen atoms in total. The Morgan fingerprint density at radius 3 is 1.56 bits per heavy atom. The maximum atomic E-state index is 2.30. The minimum absolute atomic E-state index is 0. The highest BCUT2D eigenvalue weighted by Gasteiger charge is 2.27.